The fourth-order valence-corrected chi connectivity index (χ4v) is 4.31. The number of amides is 2. The summed E-state index contributed by atoms with van der Waals surface area (Å²) in [6.07, 6.45) is 0. The molecule has 1 atom stereocenters. The number of carbonyl (C=O) groups excluding carboxylic acids is 3. The van der Waals surface area contributed by atoms with Crippen molar-refractivity contribution in [2.24, 2.45) is 10.9 Å². The lowest BCUT2D eigenvalue weighted by Gasteiger charge is -2.29. The number of para-hydroxylation sites is 1. The first-order valence-electron chi connectivity index (χ1n) is 8.55. The summed E-state index contributed by atoms with van der Waals surface area (Å²) in [6.45, 7) is 3.60. The summed E-state index contributed by atoms with van der Waals surface area (Å²) >= 11 is 1.24. The number of nitrogens with zero attached hydrogens (tertiary/aromatic N) is 3. The maximum absolute atomic E-state index is 13.1. The van der Waals surface area contributed by atoms with Crippen molar-refractivity contribution in [2.45, 2.75) is 19.8 Å². The van der Waals surface area contributed by atoms with Crippen LogP contribution in [-0.4, -0.2) is 28.3 Å². The molecule has 0 radical (unpaired) electrons. The minimum atomic E-state index is -1.19. The molecule has 3 aromatic rings. The van der Waals surface area contributed by atoms with E-state index < -0.39 is 23.5 Å². The number of piperidine rings is 1. The fourth-order valence-electron chi connectivity index (χ4n) is 3.24. The Morgan fingerprint density at radius 2 is 1.82 bits per heavy atom. The second-order valence-electron chi connectivity index (χ2n) is 6.57. The molecule has 1 aliphatic rings. The Bertz CT molecular complexity index is 1150. The first-order chi connectivity index (χ1) is 13.4. The Kier molecular flexibility index (Phi) is 4.27. The van der Waals surface area contributed by atoms with Crippen LogP contribution in [0.1, 0.15) is 22.1 Å². The van der Waals surface area contributed by atoms with Gasteiger partial charge in [0.25, 0.3) is 5.91 Å². The van der Waals surface area contributed by atoms with Crippen LogP contribution in [0.15, 0.2) is 47.6 Å². The second-order valence-corrected chi connectivity index (χ2v) is 7.63. The average molecular weight is 392 g/mol. The van der Waals surface area contributed by atoms with Crippen molar-refractivity contribution >= 4 is 50.6 Å². The van der Waals surface area contributed by atoms with Gasteiger partial charge in [0.2, 0.25) is 5.78 Å². The molecule has 1 aliphatic heterocycles. The Morgan fingerprint density at radius 1 is 1.07 bits per heavy atom. The highest BCUT2D eigenvalue weighted by atomic mass is 32.1. The number of imide groups is 1. The van der Waals surface area contributed by atoms with Gasteiger partial charge in [0, 0.05) is 0 Å². The maximum atomic E-state index is 13.1. The molecule has 0 spiro atoms. The normalized spacial score (nSPS) is 19.1. The number of rotatable bonds is 2. The van der Waals surface area contributed by atoms with E-state index in [4.69, 9.17) is 5.84 Å². The molecule has 1 unspecified atom stereocenters. The van der Waals surface area contributed by atoms with Gasteiger partial charge in [-0.3, -0.25) is 14.4 Å². The van der Waals surface area contributed by atoms with Crippen LogP contribution >= 0.6 is 11.3 Å². The largest absolute Gasteiger partial charge is 0.323 e. The van der Waals surface area contributed by atoms with E-state index in [1.165, 1.54) is 11.3 Å². The molecule has 0 saturated carbocycles. The van der Waals surface area contributed by atoms with Gasteiger partial charge in [0.1, 0.15) is 16.6 Å². The van der Waals surface area contributed by atoms with Crippen molar-refractivity contribution in [3.63, 3.8) is 0 Å². The topological polar surface area (TPSA) is 106 Å². The van der Waals surface area contributed by atoms with Crippen molar-refractivity contribution in [2.75, 3.05) is 4.90 Å². The minimum absolute atomic E-state index is 0.190. The van der Waals surface area contributed by atoms with E-state index >= 15 is 0 Å². The molecule has 4 rings (SSSR count). The summed E-state index contributed by atoms with van der Waals surface area (Å²) in [4.78, 5) is 44.3. The van der Waals surface area contributed by atoms with Gasteiger partial charge in [-0.1, -0.05) is 24.3 Å². The molecule has 140 valence electrons. The molecule has 1 saturated heterocycles. The van der Waals surface area contributed by atoms with Crippen molar-refractivity contribution in [1.29, 1.82) is 0 Å². The lowest BCUT2D eigenvalue weighted by Crippen LogP contribution is -2.55. The summed E-state index contributed by atoms with van der Waals surface area (Å²) < 4.78 is 0.846. The van der Waals surface area contributed by atoms with Gasteiger partial charge in [-0.05, 0) is 43.2 Å². The molecular weight excluding hydrogens is 376 g/mol. The highest BCUT2D eigenvalue weighted by molar-refractivity contribution is 7.19. The molecule has 8 heteroatoms. The fraction of sp³-hybridized carbons (Fsp3) is 0.150. The van der Waals surface area contributed by atoms with E-state index in [-0.39, 0.29) is 5.71 Å². The van der Waals surface area contributed by atoms with Gasteiger partial charge in [0.05, 0.1) is 15.9 Å². The van der Waals surface area contributed by atoms with E-state index in [0.29, 0.717) is 21.8 Å². The minimum Gasteiger partial charge on any atom is -0.323 e. The Morgan fingerprint density at radius 3 is 2.54 bits per heavy atom. The standard InChI is InChI=1S/C20H16N4O3S/c1-10-7-8-11(2)13(9-10)24-19(26)16(23-21)15(17(25)20(24)27)18-22-12-5-3-4-6-14(12)28-18/h3-9,15H,21H2,1-2H3. The quantitative estimate of drug-likeness (QED) is 0.312. The van der Waals surface area contributed by atoms with Gasteiger partial charge in [-0.2, -0.15) is 5.10 Å². The van der Waals surface area contributed by atoms with Gasteiger partial charge >= 0.3 is 5.91 Å². The van der Waals surface area contributed by atoms with E-state index in [1.54, 1.807) is 25.1 Å². The Balaban J connectivity index is 1.83. The molecule has 28 heavy (non-hydrogen) atoms. The van der Waals surface area contributed by atoms with Crippen LogP contribution < -0.4 is 10.7 Å². The first kappa shape index (κ1) is 18.0. The summed E-state index contributed by atoms with van der Waals surface area (Å²) in [7, 11) is 0. The molecule has 2 heterocycles. The third kappa shape index (κ3) is 2.69. The van der Waals surface area contributed by atoms with Crippen molar-refractivity contribution in [3.8, 4) is 0 Å². The van der Waals surface area contributed by atoms with Gasteiger partial charge in [-0.15, -0.1) is 11.3 Å². The summed E-state index contributed by atoms with van der Waals surface area (Å²) in [6, 6.07) is 12.7. The number of fused-ring (bicyclic) bond motifs is 1. The number of nitrogens with two attached hydrogens (primary N) is 1. The molecule has 1 fully saturated rings. The monoisotopic (exact) mass is 392 g/mol. The number of aromatic nitrogens is 1. The molecule has 2 amide bonds. The SMILES string of the molecule is Cc1ccc(C)c(N2C(=O)C(=O)C(c3nc4ccccc4s3)C(=NN)C2=O)c1. The zero-order valence-corrected chi connectivity index (χ0v) is 16.0. The molecule has 7 nitrogen and oxygen atoms in total. The number of Topliss-reactive ketones (excluding diaryl/α,β-unsaturated/α-hetero) is 1. The lowest BCUT2D eigenvalue weighted by atomic mass is 9.91. The number of carbonyl (C=O) groups is 3. The number of hydrogen-bond acceptors (Lipinski definition) is 7. The predicted molar refractivity (Wildman–Crippen MR) is 107 cm³/mol. The van der Waals surface area contributed by atoms with Crippen LogP contribution in [0.5, 0.6) is 0 Å². The number of thiazole rings is 1. The van der Waals surface area contributed by atoms with Crippen LogP contribution in [0.2, 0.25) is 0 Å². The third-order valence-corrected chi connectivity index (χ3v) is 5.77. The van der Waals surface area contributed by atoms with Gasteiger partial charge in [-0.25, -0.2) is 9.88 Å². The van der Waals surface area contributed by atoms with Crippen LogP contribution in [0, 0.1) is 13.8 Å². The van der Waals surface area contributed by atoms with Crippen LogP contribution in [0.3, 0.4) is 0 Å². The molecule has 2 aromatic carbocycles. The number of benzene rings is 2. The number of aryl methyl sites for hydroxylation is 2. The molecular formula is C20H16N4O3S. The Hall–Kier alpha value is -3.39. The van der Waals surface area contributed by atoms with Gasteiger partial charge in [0.15, 0.2) is 0 Å². The first-order valence-corrected chi connectivity index (χ1v) is 9.37. The van der Waals surface area contributed by atoms with Crippen molar-refractivity contribution in [3.05, 3.63) is 58.6 Å². The average Bonchev–Trinajstić information content (AvgIpc) is 3.10. The van der Waals surface area contributed by atoms with Crippen molar-refractivity contribution in [1.82, 2.24) is 4.98 Å². The smallest absolute Gasteiger partial charge is 0.302 e. The van der Waals surface area contributed by atoms with Crippen LogP contribution in [-0.2, 0) is 14.4 Å². The van der Waals surface area contributed by atoms with E-state index in [1.807, 2.05) is 31.2 Å². The van der Waals surface area contributed by atoms with E-state index in [9.17, 15) is 14.4 Å². The van der Waals surface area contributed by atoms with Crippen molar-refractivity contribution < 1.29 is 14.4 Å². The summed E-state index contributed by atoms with van der Waals surface area (Å²) in [5.41, 5.74) is 2.39. The molecule has 2 N–H and O–H groups in total. The third-order valence-electron chi connectivity index (χ3n) is 4.67. The zero-order chi connectivity index (χ0) is 20.0. The number of hydrazone groups is 1. The summed E-state index contributed by atoms with van der Waals surface area (Å²) in [5, 5.41) is 3.92. The Labute approximate surface area is 164 Å². The highest BCUT2D eigenvalue weighted by Crippen LogP contribution is 2.34. The zero-order valence-electron chi connectivity index (χ0n) is 15.2. The van der Waals surface area contributed by atoms with E-state index in [2.05, 4.69) is 10.1 Å². The number of anilines is 1. The van der Waals surface area contributed by atoms with Gasteiger partial charge < -0.3 is 5.84 Å². The van der Waals surface area contributed by atoms with Crippen LogP contribution in [0.4, 0.5) is 5.69 Å². The second kappa shape index (κ2) is 6.65. The lowest BCUT2D eigenvalue weighted by molar-refractivity contribution is -0.139. The summed E-state index contributed by atoms with van der Waals surface area (Å²) in [5.74, 6) is 1.91. The number of hydrogen-bond donors (Lipinski definition) is 1. The predicted octanol–water partition coefficient (Wildman–Crippen LogP) is 2.45. The van der Waals surface area contributed by atoms with Crippen LogP contribution in [0.25, 0.3) is 10.2 Å². The highest BCUT2D eigenvalue weighted by Gasteiger charge is 2.48. The molecule has 1 aromatic heterocycles. The molecule has 0 aliphatic carbocycles. The molecule has 0 bridgehead atoms. The number of ketones is 1. The van der Waals surface area contributed by atoms with E-state index in [0.717, 1.165) is 15.2 Å². The maximum Gasteiger partial charge on any atom is 0.302 e.